The predicted molar refractivity (Wildman–Crippen MR) is 93.2 cm³/mol. The second kappa shape index (κ2) is 7.35. The monoisotopic (exact) mass is 343 g/mol. The Morgan fingerprint density at radius 1 is 1.36 bits per heavy atom. The van der Waals surface area contributed by atoms with Crippen molar-refractivity contribution in [1.29, 1.82) is 0 Å². The minimum Gasteiger partial charge on any atom is -0.481 e. The van der Waals surface area contributed by atoms with Gasteiger partial charge in [-0.3, -0.25) is 9.69 Å². The Morgan fingerprint density at radius 3 is 2.80 bits per heavy atom. The lowest BCUT2D eigenvalue weighted by Gasteiger charge is -2.17. The molecule has 1 aliphatic heterocycles. The summed E-state index contributed by atoms with van der Waals surface area (Å²) in [6, 6.07) is 8.03. The van der Waals surface area contributed by atoms with Gasteiger partial charge in [0, 0.05) is 25.4 Å². The fourth-order valence-electron chi connectivity index (χ4n) is 3.57. The number of aryl methyl sites for hydroxylation is 1. The summed E-state index contributed by atoms with van der Waals surface area (Å²) < 4.78 is 5.29. The van der Waals surface area contributed by atoms with Crippen LogP contribution in [0.2, 0.25) is 0 Å². The minimum absolute atomic E-state index is 0.0132. The number of nitrogens with zero attached hydrogens (tertiary/aromatic N) is 3. The number of hydrogen-bond donors (Lipinski definition) is 1. The number of hydrogen-bond acceptors (Lipinski definition) is 5. The normalized spacial score (nSPS) is 21.1. The fourth-order valence-corrected chi connectivity index (χ4v) is 3.57. The van der Waals surface area contributed by atoms with E-state index in [-0.39, 0.29) is 5.92 Å². The maximum atomic E-state index is 11.7. The molecule has 0 bridgehead atoms. The molecule has 6 nitrogen and oxygen atoms in total. The van der Waals surface area contributed by atoms with Crippen molar-refractivity contribution < 1.29 is 14.4 Å². The van der Waals surface area contributed by atoms with Crippen molar-refractivity contribution in [2.24, 2.45) is 11.8 Å². The van der Waals surface area contributed by atoms with Crippen molar-refractivity contribution in [3.63, 3.8) is 0 Å². The minimum atomic E-state index is -0.746. The second-order valence-electron chi connectivity index (χ2n) is 7.30. The van der Waals surface area contributed by atoms with Crippen molar-refractivity contribution >= 4 is 5.97 Å². The van der Waals surface area contributed by atoms with E-state index >= 15 is 0 Å². The third kappa shape index (κ3) is 4.07. The molecule has 1 aromatic carbocycles. The highest BCUT2D eigenvalue weighted by Gasteiger charge is 2.39. The summed E-state index contributed by atoms with van der Waals surface area (Å²) in [5.41, 5.74) is 2.25. The van der Waals surface area contributed by atoms with Crippen molar-refractivity contribution in [2.75, 3.05) is 13.1 Å². The first-order valence-corrected chi connectivity index (χ1v) is 8.76. The van der Waals surface area contributed by atoms with Gasteiger partial charge in [-0.1, -0.05) is 43.3 Å². The van der Waals surface area contributed by atoms with E-state index in [4.69, 9.17) is 4.52 Å². The Hall–Kier alpha value is -2.21. The van der Waals surface area contributed by atoms with Crippen LogP contribution in [0.4, 0.5) is 0 Å². The molecule has 25 heavy (non-hydrogen) atoms. The average Bonchev–Trinajstić information content (AvgIpc) is 3.15. The molecule has 2 aromatic rings. The van der Waals surface area contributed by atoms with Gasteiger partial charge in [-0.15, -0.1) is 0 Å². The Kier molecular flexibility index (Phi) is 5.18. The maximum Gasteiger partial charge on any atom is 0.308 e. The highest BCUT2D eigenvalue weighted by molar-refractivity contribution is 5.72. The molecule has 1 saturated heterocycles. The van der Waals surface area contributed by atoms with Crippen molar-refractivity contribution in [3.05, 3.63) is 47.1 Å². The molecule has 0 unspecified atom stereocenters. The lowest BCUT2D eigenvalue weighted by atomic mass is 9.86. The molecule has 1 fully saturated rings. The van der Waals surface area contributed by atoms with Crippen LogP contribution in [0.25, 0.3) is 0 Å². The van der Waals surface area contributed by atoms with E-state index in [1.54, 1.807) is 0 Å². The van der Waals surface area contributed by atoms with Gasteiger partial charge in [-0.25, -0.2) is 0 Å². The summed E-state index contributed by atoms with van der Waals surface area (Å²) >= 11 is 0. The van der Waals surface area contributed by atoms with Gasteiger partial charge >= 0.3 is 5.97 Å². The molecular formula is C19H25N3O3. The highest BCUT2D eigenvalue weighted by Crippen LogP contribution is 2.35. The largest absolute Gasteiger partial charge is 0.481 e. The van der Waals surface area contributed by atoms with Crippen LogP contribution < -0.4 is 0 Å². The molecule has 0 aliphatic carbocycles. The zero-order valence-electron chi connectivity index (χ0n) is 15.0. The SMILES string of the molecule is Cc1ccccc1[C@@H]1CN(Cc2noc(CC(C)C)n2)C[C@H]1C(=O)O. The van der Waals surface area contributed by atoms with Gasteiger partial charge in [0.05, 0.1) is 12.5 Å². The van der Waals surface area contributed by atoms with Crippen molar-refractivity contribution in [2.45, 2.75) is 39.7 Å². The van der Waals surface area contributed by atoms with Gasteiger partial charge in [0.15, 0.2) is 5.82 Å². The molecule has 2 heterocycles. The van der Waals surface area contributed by atoms with Crippen molar-refractivity contribution in [1.82, 2.24) is 15.0 Å². The number of carbonyl (C=O) groups is 1. The van der Waals surface area contributed by atoms with E-state index in [0.29, 0.717) is 37.3 Å². The molecule has 1 aliphatic rings. The van der Waals surface area contributed by atoms with E-state index < -0.39 is 11.9 Å². The molecule has 0 spiro atoms. The van der Waals surface area contributed by atoms with Crippen LogP contribution in [0.3, 0.4) is 0 Å². The lowest BCUT2D eigenvalue weighted by Crippen LogP contribution is -2.23. The molecule has 0 amide bonds. The summed E-state index contributed by atoms with van der Waals surface area (Å²) in [4.78, 5) is 18.3. The van der Waals surface area contributed by atoms with Gasteiger partial charge in [-0.05, 0) is 24.0 Å². The second-order valence-corrected chi connectivity index (χ2v) is 7.30. The average molecular weight is 343 g/mol. The standard InChI is InChI=1S/C19H25N3O3/c1-12(2)8-18-20-17(21-25-18)11-22-9-15(16(10-22)19(23)24)14-7-5-4-6-13(14)3/h4-7,12,15-16H,8-11H2,1-3H3,(H,23,24)/t15-,16+/m0/s1. The topological polar surface area (TPSA) is 79.5 Å². The first kappa shape index (κ1) is 17.6. The third-order valence-electron chi connectivity index (χ3n) is 4.76. The quantitative estimate of drug-likeness (QED) is 0.869. The number of likely N-dealkylation sites (tertiary alicyclic amines) is 1. The first-order valence-electron chi connectivity index (χ1n) is 8.76. The van der Waals surface area contributed by atoms with Gasteiger partial charge in [0.2, 0.25) is 5.89 Å². The molecule has 1 N–H and O–H groups in total. The van der Waals surface area contributed by atoms with Gasteiger partial charge in [0.1, 0.15) is 0 Å². The molecule has 3 rings (SSSR count). The third-order valence-corrected chi connectivity index (χ3v) is 4.76. The van der Waals surface area contributed by atoms with E-state index in [2.05, 4.69) is 28.9 Å². The van der Waals surface area contributed by atoms with Crippen molar-refractivity contribution in [3.8, 4) is 0 Å². The maximum absolute atomic E-state index is 11.7. The van der Waals surface area contributed by atoms with E-state index in [1.165, 1.54) is 0 Å². The Balaban J connectivity index is 1.73. The molecule has 6 heteroatoms. The number of benzene rings is 1. The van der Waals surface area contributed by atoms with Crippen LogP contribution >= 0.6 is 0 Å². The summed E-state index contributed by atoms with van der Waals surface area (Å²) in [5, 5.41) is 13.7. The van der Waals surface area contributed by atoms with E-state index in [1.807, 2.05) is 31.2 Å². The predicted octanol–water partition coefficient (Wildman–Crippen LogP) is 2.88. The molecule has 2 atom stereocenters. The van der Waals surface area contributed by atoms with Crippen LogP contribution in [-0.4, -0.2) is 39.2 Å². The highest BCUT2D eigenvalue weighted by atomic mass is 16.5. The fraction of sp³-hybridized carbons (Fsp3) is 0.526. The Bertz CT molecular complexity index is 741. The zero-order chi connectivity index (χ0) is 18.0. The Morgan fingerprint density at radius 2 is 2.12 bits per heavy atom. The molecule has 0 radical (unpaired) electrons. The summed E-state index contributed by atoms with van der Waals surface area (Å²) in [7, 11) is 0. The number of aliphatic carboxylic acids is 1. The summed E-state index contributed by atoms with van der Waals surface area (Å²) in [5.74, 6) is 0.565. The van der Waals surface area contributed by atoms with E-state index in [0.717, 1.165) is 17.5 Å². The smallest absolute Gasteiger partial charge is 0.308 e. The van der Waals surface area contributed by atoms with Crippen LogP contribution in [0.1, 0.15) is 42.6 Å². The summed E-state index contributed by atoms with van der Waals surface area (Å²) in [6.45, 7) is 7.96. The number of carboxylic acids is 1. The van der Waals surface area contributed by atoms with Crippen LogP contribution in [0, 0.1) is 18.8 Å². The molecule has 0 saturated carbocycles. The number of carboxylic acid groups (broad SMARTS) is 1. The first-order chi connectivity index (χ1) is 11.9. The zero-order valence-corrected chi connectivity index (χ0v) is 15.0. The van der Waals surface area contributed by atoms with Gasteiger partial charge in [-0.2, -0.15) is 4.98 Å². The molecule has 1 aromatic heterocycles. The van der Waals surface area contributed by atoms with Crippen LogP contribution in [0.15, 0.2) is 28.8 Å². The number of rotatable bonds is 6. The van der Waals surface area contributed by atoms with Crippen LogP contribution in [-0.2, 0) is 17.8 Å². The van der Waals surface area contributed by atoms with Gasteiger partial charge in [0.25, 0.3) is 0 Å². The summed E-state index contributed by atoms with van der Waals surface area (Å²) in [6.07, 6.45) is 0.761. The Labute approximate surface area is 147 Å². The number of aromatic nitrogens is 2. The molecular weight excluding hydrogens is 318 g/mol. The van der Waals surface area contributed by atoms with Crippen LogP contribution in [0.5, 0.6) is 0 Å². The lowest BCUT2D eigenvalue weighted by molar-refractivity contribution is -0.141. The molecule has 134 valence electrons. The van der Waals surface area contributed by atoms with Gasteiger partial charge < -0.3 is 9.63 Å². The van der Waals surface area contributed by atoms with E-state index in [9.17, 15) is 9.90 Å².